The normalized spacial score (nSPS) is 12.7. The van der Waals surface area contributed by atoms with Crippen LogP contribution in [0.1, 0.15) is 26.7 Å². The lowest BCUT2D eigenvalue weighted by Crippen LogP contribution is -2.07. The molecule has 0 saturated heterocycles. The summed E-state index contributed by atoms with van der Waals surface area (Å²) in [6, 6.07) is 0. The van der Waals surface area contributed by atoms with Crippen molar-refractivity contribution in [3.63, 3.8) is 0 Å². The molecule has 0 unspecified atom stereocenters. The predicted octanol–water partition coefficient (Wildman–Crippen LogP) is 2.18. The highest BCUT2D eigenvalue weighted by Crippen LogP contribution is 2.08. The van der Waals surface area contributed by atoms with Crippen molar-refractivity contribution in [2.75, 3.05) is 0 Å². The van der Waals surface area contributed by atoms with Gasteiger partial charge in [-0.25, -0.2) is 0 Å². The first-order valence-corrected chi connectivity index (χ1v) is 3.33. The fourth-order valence-corrected chi connectivity index (χ4v) is 0.821. The van der Waals surface area contributed by atoms with Crippen molar-refractivity contribution >= 4 is 5.78 Å². The van der Waals surface area contributed by atoms with Gasteiger partial charge in [0.15, 0.2) is 0 Å². The van der Waals surface area contributed by atoms with Crippen LogP contribution in [0.4, 0.5) is 0 Å². The lowest BCUT2D eigenvalue weighted by atomic mass is 9.99. The second-order valence-corrected chi connectivity index (χ2v) is 2.24. The SMILES string of the molecule is C=CC[C@@H](CC)C(C)=O. The van der Waals surface area contributed by atoms with Crippen LogP contribution in [0.25, 0.3) is 0 Å². The Hall–Kier alpha value is -0.590. The molecular weight excluding hydrogens is 112 g/mol. The van der Waals surface area contributed by atoms with Crippen molar-refractivity contribution in [3.05, 3.63) is 12.7 Å². The minimum Gasteiger partial charge on any atom is -0.300 e. The summed E-state index contributed by atoms with van der Waals surface area (Å²) < 4.78 is 0. The summed E-state index contributed by atoms with van der Waals surface area (Å²) in [7, 11) is 0. The second kappa shape index (κ2) is 4.30. The maximum atomic E-state index is 10.7. The van der Waals surface area contributed by atoms with Gasteiger partial charge in [0.1, 0.15) is 5.78 Å². The lowest BCUT2D eigenvalue weighted by Gasteiger charge is -2.05. The molecule has 0 aliphatic carbocycles. The third-order valence-electron chi connectivity index (χ3n) is 1.52. The summed E-state index contributed by atoms with van der Waals surface area (Å²) in [6.07, 6.45) is 3.56. The summed E-state index contributed by atoms with van der Waals surface area (Å²) in [4.78, 5) is 10.7. The molecule has 0 rings (SSSR count). The standard InChI is InChI=1S/C8H14O/c1-4-6-8(5-2)7(3)9/h4,8H,1,5-6H2,2-3H3/t8-/m1/s1. The average Bonchev–Trinajstić information content (AvgIpc) is 1.82. The molecule has 0 N–H and O–H groups in total. The van der Waals surface area contributed by atoms with Gasteiger partial charge in [-0.2, -0.15) is 0 Å². The molecule has 52 valence electrons. The van der Waals surface area contributed by atoms with Gasteiger partial charge in [-0.05, 0) is 19.8 Å². The predicted molar refractivity (Wildman–Crippen MR) is 39.3 cm³/mol. The van der Waals surface area contributed by atoms with E-state index in [4.69, 9.17) is 0 Å². The van der Waals surface area contributed by atoms with Crippen LogP contribution in [-0.4, -0.2) is 5.78 Å². The molecule has 0 aliphatic rings. The van der Waals surface area contributed by atoms with Crippen molar-refractivity contribution in [2.45, 2.75) is 26.7 Å². The maximum Gasteiger partial charge on any atom is 0.133 e. The summed E-state index contributed by atoms with van der Waals surface area (Å²) in [5.41, 5.74) is 0. The number of carbonyl (C=O) groups excluding carboxylic acids is 1. The maximum absolute atomic E-state index is 10.7. The van der Waals surface area contributed by atoms with Crippen LogP contribution >= 0.6 is 0 Å². The highest BCUT2D eigenvalue weighted by atomic mass is 16.1. The Morgan fingerprint density at radius 3 is 2.44 bits per heavy atom. The Morgan fingerprint density at radius 1 is 1.78 bits per heavy atom. The van der Waals surface area contributed by atoms with Gasteiger partial charge >= 0.3 is 0 Å². The number of hydrogen-bond acceptors (Lipinski definition) is 1. The molecule has 0 saturated carbocycles. The van der Waals surface area contributed by atoms with Gasteiger partial charge in [0.25, 0.3) is 0 Å². The van der Waals surface area contributed by atoms with Crippen LogP contribution < -0.4 is 0 Å². The zero-order chi connectivity index (χ0) is 7.28. The molecule has 0 aromatic rings. The van der Waals surface area contributed by atoms with Crippen LogP contribution in [-0.2, 0) is 4.79 Å². The molecule has 0 aromatic heterocycles. The zero-order valence-corrected chi connectivity index (χ0v) is 6.18. The van der Waals surface area contributed by atoms with Gasteiger partial charge in [0, 0.05) is 5.92 Å². The van der Waals surface area contributed by atoms with Crippen LogP contribution in [0.3, 0.4) is 0 Å². The third kappa shape index (κ3) is 3.07. The fourth-order valence-electron chi connectivity index (χ4n) is 0.821. The van der Waals surface area contributed by atoms with E-state index in [1.165, 1.54) is 0 Å². The van der Waals surface area contributed by atoms with Gasteiger partial charge < -0.3 is 0 Å². The Balaban J connectivity index is 3.67. The van der Waals surface area contributed by atoms with Gasteiger partial charge in [0.2, 0.25) is 0 Å². The van der Waals surface area contributed by atoms with E-state index in [0.717, 1.165) is 12.8 Å². The van der Waals surface area contributed by atoms with Crippen molar-refractivity contribution in [1.29, 1.82) is 0 Å². The Bertz CT molecular complexity index is 105. The topological polar surface area (TPSA) is 17.1 Å². The second-order valence-electron chi connectivity index (χ2n) is 2.24. The molecule has 0 heterocycles. The lowest BCUT2D eigenvalue weighted by molar-refractivity contribution is -0.120. The van der Waals surface area contributed by atoms with Gasteiger partial charge in [-0.15, -0.1) is 6.58 Å². The molecule has 0 amide bonds. The summed E-state index contributed by atoms with van der Waals surface area (Å²) in [5, 5.41) is 0. The Labute approximate surface area is 56.8 Å². The van der Waals surface area contributed by atoms with E-state index in [9.17, 15) is 4.79 Å². The quantitative estimate of drug-likeness (QED) is 0.528. The van der Waals surface area contributed by atoms with Crippen LogP contribution in [0.2, 0.25) is 0 Å². The molecule has 9 heavy (non-hydrogen) atoms. The highest BCUT2D eigenvalue weighted by Gasteiger charge is 2.07. The molecule has 1 nitrogen and oxygen atoms in total. The smallest absolute Gasteiger partial charge is 0.133 e. The van der Waals surface area contributed by atoms with Crippen molar-refractivity contribution < 1.29 is 4.79 Å². The number of carbonyl (C=O) groups is 1. The number of Topliss-reactive ketones (excluding diaryl/α,β-unsaturated/α-hetero) is 1. The molecule has 1 atom stereocenters. The first kappa shape index (κ1) is 8.41. The summed E-state index contributed by atoms with van der Waals surface area (Å²) in [6.45, 7) is 7.24. The van der Waals surface area contributed by atoms with E-state index in [1.807, 2.05) is 6.92 Å². The number of hydrogen-bond donors (Lipinski definition) is 0. The molecular formula is C8H14O. The molecule has 0 radical (unpaired) electrons. The van der Waals surface area contributed by atoms with Crippen molar-refractivity contribution in [3.8, 4) is 0 Å². The molecule has 0 fully saturated rings. The van der Waals surface area contributed by atoms with E-state index in [0.29, 0.717) is 0 Å². The first-order valence-electron chi connectivity index (χ1n) is 3.33. The highest BCUT2D eigenvalue weighted by molar-refractivity contribution is 5.78. The van der Waals surface area contributed by atoms with E-state index < -0.39 is 0 Å². The molecule has 1 heteroatoms. The van der Waals surface area contributed by atoms with Crippen LogP contribution in [0.15, 0.2) is 12.7 Å². The van der Waals surface area contributed by atoms with E-state index in [-0.39, 0.29) is 11.7 Å². The number of ketones is 1. The average molecular weight is 126 g/mol. The fraction of sp³-hybridized carbons (Fsp3) is 0.625. The zero-order valence-electron chi connectivity index (χ0n) is 6.18. The van der Waals surface area contributed by atoms with E-state index in [1.54, 1.807) is 13.0 Å². The van der Waals surface area contributed by atoms with Crippen molar-refractivity contribution in [2.24, 2.45) is 5.92 Å². The van der Waals surface area contributed by atoms with Gasteiger partial charge in [-0.1, -0.05) is 13.0 Å². The van der Waals surface area contributed by atoms with Crippen LogP contribution in [0, 0.1) is 5.92 Å². The third-order valence-corrected chi connectivity index (χ3v) is 1.52. The molecule has 0 aliphatic heterocycles. The molecule has 0 aromatic carbocycles. The summed E-state index contributed by atoms with van der Waals surface area (Å²) in [5.74, 6) is 0.486. The minimum atomic E-state index is 0.211. The monoisotopic (exact) mass is 126 g/mol. The Kier molecular flexibility index (Phi) is 4.02. The van der Waals surface area contributed by atoms with Gasteiger partial charge in [-0.3, -0.25) is 4.79 Å². The summed E-state index contributed by atoms with van der Waals surface area (Å²) >= 11 is 0. The van der Waals surface area contributed by atoms with Gasteiger partial charge in [0.05, 0.1) is 0 Å². The largest absolute Gasteiger partial charge is 0.300 e. The Morgan fingerprint density at radius 2 is 2.33 bits per heavy atom. The first-order chi connectivity index (χ1) is 4.22. The minimum absolute atomic E-state index is 0.211. The van der Waals surface area contributed by atoms with Crippen LogP contribution in [0.5, 0.6) is 0 Å². The number of rotatable bonds is 4. The van der Waals surface area contributed by atoms with E-state index >= 15 is 0 Å². The molecule has 0 spiro atoms. The van der Waals surface area contributed by atoms with Crippen molar-refractivity contribution in [1.82, 2.24) is 0 Å². The van der Waals surface area contributed by atoms with E-state index in [2.05, 4.69) is 6.58 Å². The molecule has 0 bridgehead atoms. The number of allylic oxidation sites excluding steroid dienone is 1.